The van der Waals surface area contributed by atoms with Crippen LogP contribution in [0.2, 0.25) is 0 Å². The summed E-state index contributed by atoms with van der Waals surface area (Å²) in [6, 6.07) is 6.97. The normalized spacial score (nSPS) is 11.8. The minimum absolute atomic E-state index is 0.345. The van der Waals surface area contributed by atoms with Crippen molar-refractivity contribution in [3.63, 3.8) is 0 Å². The summed E-state index contributed by atoms with van der Waals surface area (Å²) in [7, 11) is 3.02. The Hall–Kier alpha value is -2.70. The summed E-state index contributed by atoms with van der Waals surface area (Å²) in [6.45, 7) is 1.64. The lowest BCUT2D eigenvalue weighted by Gasteiger charge is -2.14. The fourth-order valence-corrected chi connectivity index (χ4v) is 2.33. The van der Waals surface area contributed by atoms with E-state index in [-0.39, 0.29) is 0 Å². The first-order valence-electron chi connectivity index (χ1n) is 7.52. The molecule has 4 nitrogen and oxygen atoms in total. The lowest BCUT2D eigenvalue weighted by Crippen LogP contribution is -2.23. The lowest BCUT2D eigenvalue weighted by molar-refractivity contribution is -0.119. The highest BCUT2D eigenvalue weighted by atomic mass is 19.2. The van der Waals surface area contributed by atoms with Crippen LogP contribution in [0.5, 0.6) is 11.5 Å². The van der Waals surface area contributed by atoms with Crippen LogP contribution < -0.4 is 14.8 Å². The van der Waals surface area contributed by atoms with Crippen molar-refractivity contribution >= 4 is 11.6 Å². The fourth-order valence-electron chi connectivity index (χ4n) is 2.33. The molecule has 7 heteroatoms. The van der Waals surface area contributed by atoms with Gasteiger partial charge in [0, 0.05) is 5.92 Å². The van der Waals surface area contributed by atoms with Gasteiger partial charge < -0.3 is 14.8 Å². The summed E-state index contributed by atoms with van der Waals surface area (Å²) in [5.41, 5.74) is 0.411. The van der Waals surface area contributed by atoms with Crippen molar-refractivity contribution in [2.24, 2.45) is 5.92 Å². The standard InChI is InChI=1S/C18H18F3NO3/c1-10(8-11-4-7-14(24-2)15(9-11)25-3)18(23)22-13-6-5-12(19)16(20)17(13)21/h4-7,9-10H,8H2,1-3H3,(H,22,23). The minimum atomic E-state index is -1.62. The van der Waals surface area contributed by atoms with Gasteiger partial charge in [0.25, 0.3) is 0 Å². The number of carbonyl (C=O) groups excluding carboxylic acids is 1. The SMILES string of the molecule is COc1ccc(CC(C)C(=O)Nc2ccc(F)c(F)c2F)cc1OC. The number of nitrogens with one attached hydrogen (secondary N) is 1. The van der Waals surface area contributed by atoms with Crippen molar-refractivity contribution < 1.29 is 27.4 Å². The van der Waals surface area contributed by atoms with Crippen molar-refractivity contribution in [3.05, 3.63) is 53.3 Å². The first-order chi connectivity index (χ1) is 11.9. The van der Waals surface area contributed by atoms with Gasteiger partial charge in [-0.25, -0.2) is 13.2 Å². The zero-order chi connectivity index (χ0) is 18.6. The van der Waals surface area contributed by atoms with Crippen molar-refractivity contribution in [3.8, 4) is 11.5 Å². The fraction of sp³-hybridized carbons (Fsp3) is 0.278. The van der Waals surface area contributed by atoms with E-state index in [4.69, 9.17) is 9.47 Å². The number of rotatable bonds is 6. The molecule has 25 heavy (non-hydrogen) atoms. The van der Waals surface area contributed by atoms with Gasteiger partial charge in [-0.15, -0.1) is 0 Å². The van der Waals surface area contributed by atoms with E-state index >= 15 is 0 Å². The number of benzene rings is 2. The molecule has 0 aliphatic carbocycles. The van der Waals surface area contributed by atoms with E-state index < -0.39 is 35.0 Å². The van der Waals surface area contributed by atoms with Crippen LogP contribution >= 0.6 is 0 Å². The van der Waals surface area contributed by atoms with E-state index in [0.717, 1.165) is 17.7 Å². The van der Waals surface area contributed by atoms with Crippen LogP contribution in [0.1, 0.15) is 12.5 Å². The largest absolute Gasteiger partial charge is 0.493 e. The molecule has 2 aromatic rings. The molecule has 1 unspecified atom stereocenters. The third-order valence-electron chi connectivity index (χ3n) is 3.73. The molecule has 0 aromatic heterocycles. The van der Waals surface area contributed by atoms with E-state index in [2.05, 4.69) is 5.32 Å². The molecule has 1 amide bonds. The van der Waals surface area contributed by atoms with Crippen molar-refractivity contribution in [1.82, 2.24) is 0 Å². The van der Waals surface area contributed by atoms with Gasteiger partial charge in [0.2, 0.25) is 5.91 Å². The molecule has 2 aromatic carbocycles. The van der Waals surface area contributed by atoms with Gasteiger partial charge in [-0.2, -0.15) is 0 Å². The molecule has 134 valence electrons. The second kappa shape index (κ2) is 7.92. The topological polar surface area (TPSA) is 47.6 Å². The first-order valence-corrected chi connectivity index (χ1v) is 7.52. The Morgan fingerprint density at radius 2 is 1.72 bits per heavy atom. The van der Waals surface area contributed by atoms with Crippen LogP contribution in [0.15, 0.2) is 30.3 Å². The average molecular weight is 353 g/mol. The molecular weight excluding hydrogens is 335 g/mol. The number of methoxy groups -OCH3 is 2. The van der Waals surface area contributed by atoms with Gasteiger partial charge in [0.1, 0.15) is 0 Å². The van der Waals surface area contributed by atoms with Crippen molar-refractivity contribution in [2.75, 3.05) is 19.5 Å². The number of halogens is 3. The number of amides is 1. The second-order valence-electron chi connectivity index (χ2n) is 5.51. The highest BCUT2D eigenvalue weighted by molar-refractivity contribution is 5.92. The summed E-state index contributed by atoms with van der Waals surface area (Å²) < 4.78 is 50.1. The molecule has 0 fully saturated rings. The van der Waals surface area contributed by atoms with Gasteiger partial charge in [-0.3, -0.25) is 4.79 Å². The molecule has 0 saturated carbocycles. The number of carbonyl (C=O) groups is 1. The first kappa shape index (κ1) is 18.6. The monoisotopic (exact) mass is 353 g/mol. The van der Waals surface area contributed by atoms with Crippen LogP contribution in [0, 0.1) is 23.4 Å². The highest BCUT2D eigenvalue weighted by Gasteiger charge is 2.19. The Bertz CT molecular complexity index is 780. The van der Waals surface area contributed by atoms with Crippen LogP contribution in [0.3, 0.4) is 0 Å². The number of hydrogen-bond acceptors (Lipinski definition) is 3. The maximum absolute atomic E-state index is 13.6. The molecule has 0 radical (unpaired) electrons. The zero-order valence-corrected chi connectivity index (χ0v) is 14.0. The molecule has 0 aliphatic rings. The minimum Gasteiger partial charge on any atom is -0.493 e. The molecular formula is C18H18F3NO3. The molecule has 0 aliphatic heterocycles. The van der Waals surface area contributed by atoms with Crippen molar-refractivity contribution in [2.45, 2.75) is 13.3 Å². The molecule has 0 bridgehead atoms. The van der Waals surface area contributed by atoms with E-state index in [9.17, 15) is 18.0 Å². The van der Waals surface area contributed by atoms with Gasteiger partial charge in [0.15, 0.2) is 29.0 Å². The van der Waals surface area contributed by atoms with Gasteiger partial charge in [-0.05, 0) is 36.2 Å². The predicted octanol–water partition coefficient (Wildman–Crippen LogP) is 3.94. The zero-order valence-electron chi connectivity index (χ0n) is 14.0. The smallest absolute Gasteiger partial charge is 0.227 e. The van der Waals surface area contributed by atoms with Crippen LogP contribution in [-0.2, 0) is 11.2 Å². The van der Waals surface area contributed by atoms with Crippen LogP contribution in [0.25, 0.3) is 0 Å². The van der Waals surface area contributed by atoms with Gasteiger partial charge in [0.05, 0.1) is 19.9 Å². The maximum atomic E-state index is 13.6. The summed E-state index contributed by atoms with van der Waals surface area (Å²) in [6.07, 6.45) is 0.345. The average Bonchev–Trinajstić information content (AvgIpc) is 2.61. The van der Waals surface area contributed by atoms with E-state index in [0.29, 0.717) is 17.9 Å². The quantitative estimate of drug-likeness (QED) is 0.801. The van der Waals surface area contributed by atoms with E-state index in [1.807, 2.05) is 0 Å². The Labute approximate surface area is 143 Å². The third kappa shape index (κ3) is 4.23. The Morgan fingerprint density at radius 3 is 2.36 bits per heavy atom. The predicted molar refractivity (Wildman–Crippen MR) is 87.4 cm³/mol. The second-order valence-corrected chi connectivity index (χ2v) is 5.51. The highest BCUT2D eigenvalue weighted by Crippen LogP contribution is 2.28. The van der Waals surface area contributed by atoms with Crippen LogP contribution in [0.4, 0.5) is 18.9 Å². The number of hydrogen-bond donors (Lipinski definition) is 1. The summed E-state index contributed by atoms with van der Waals surface area (Å²) in [5, 5.41) is 2.27. The van der Waals surface area contributed by atoms with Gasteiger partial charge in [-0.1, -0.05) is 13.0 Å². The molecule has 0 saturated heterocycles. The summed E-state index contributed by atoms with van der Waals surface area (Å²) in [5.74, 6) is -4.32. The molecule has 0 spiro atoms. The molecule has 1 atom stereocenters. The van der Waals surface area contributed by atoms with E-state index in [1.165, 1.54) is 14.2 Å². The Kier molecular flexibility index (Phi) is 5.90. The maximum Gasteiger partial charge on any atom is 0.227 e. The van der Waals surface area contributed by atoms with Gasteiger partial charge >= 0.3 is 0 Å². The number of anilines is 1. The van der Waals surface area contributed by atoms with Crippen LogP contribution in [-0.4, -0.2) is 20.1 Å². The summed E-state index contributed by atoms with van der Waals surface area (Å²) in [4.78, 5) is 12.2. The molecule has 2 rings (SSSR count). The number of ether oxygens (including phenoxy) is 2. The third-order valence-corrected chi connectivity index (χ3v) is 3.73. The van der Waals surface area contributed by atoms with Crippen molar-refractivity contribution in [1.29, 1.82) is 0 Å². The van der Waals surface area contributed by atoms with E-state index in [1.54, 1.807) is 25.1 Å². The summed E-state index contributed by atoms with van der Waals surface area (Å²) >= 11 is 0. The molecule has 0 heterocycles. The molecule has 1 N–H and O–H groups in total. The Morgan fingerprint density at radius 1 is 1.04 bits per heavy atom. The lowest BCUT2D eigenvalue weighted by atomic mass is 10.00. The Balaban J connectivity index is 2.09.